The van der Waals surface area contributed by atoms with Crippen molar-refractivity contribution in [2.45, 2.75) is 13.3 Å². The molecule has 0 bridgehead atoms. The molecule has 6 heteroatoms. The second kappa shape index (κ2) is 5.69. The molecule has 1 aromatic heterocycles. The number of aromatic nitrogens is 2. The molecule has 0 saturated carbocycles. The highest BCUT2D eigenvalue weighted by Crippen LogP contribution is 2.23. The minimum Gasteiger partial charge on any atom is -0.354 e. The molecule has 3 nitrogen and oxygen atoms in total. The molecule has 0 aliphatic carbocycles. The number of nitrogens with one attached hydrogen (secondary N) is 1. The molecule has 0 spiro atoms. The van der Waals surface area contributed by atoms with Crippen LogP contribution in [0.25, 0.3) is 11.3 Å². The van der Waals surface area contributed by atoms with Crippen LogP contribution in [0.5, 0.6) is 0 Å². The van der Waals surface area contributed by atoms with E-state index in [1.165, 1.54) is 12.3 Å². The Hall–Kier alpha value is -2.11. The number of hydrogen-bond acceptors (Lipinski definition) is 3. The average molecular weight is 267 g/mol. The quantitative estimate of drug-likeness (QED) is 0.863. The lowest BCUT2D eigenvalue weighted by molar-refractivity contribution is 0.496. The summed E-state index contributed by atoms with van der Waals surface area (Å²) in [6.45, 7) is 2.65. The summed E-state index contributed by atoms with van der Waals surface area (Å²) >= 11 is 0. The van der Waals surface area contributed by atoms with Gasteiger partial charge in [-0.2, -0.15) is 0 Å². The van der Waals surface area contributed by atoms with Crippen LogP contribution in [0.15, 0.2) is 24.4 Å². The van der Waals surface area contributed by atoms with Crippen molar-refractivity contribution in [3.8, 4) is 11.3 Å². The first-order chi connectivity index (χ1) is 9.11. The molecule has 1 heterocycles. The summed E-state index contributed by atoms with van der Waals surface area (Å²) in [5.41, 5.74) is 0.103. The van der Waals surface area contributed by atoms with Gasteiger partial charge in [0.05, 0.1) is 5.69 Å². The first kappa shape index (κ1) is 13.3. The van der Waals surface area contributed by atoms with Crippen LogP contribution in [0, 0.1) is 17.5 Å². The zero-order valence-corrected chi connectivity index (χ0v) is 10.3. The summed E-state index contributed by atoms with van der Waals surface area (Å²) in [5, 5.41) is 2.94. The first-order valence-corrected chi connectivity index (χ1v) is 5.83. The number of halogens is 3. The third-order valence-corrected chi connectivity index (χ3v) is 2.47. The van der Waals surface area contributed by atoms with E-state index in [2.05, 4.69) is 15.3 Å². The van der Waals surface area contributed by atoms with Crippen molar-refractivity contribution in [1.82, 2.24) is 9.97 Å². The van der Waals surface area contributed by atoms with Crippen molar-refractivity contribution in [2.75, 3.05) is 11.9 Å². The minimum absolute atomic E-state index is 0.0964. The van der Waals surface area contributed by atoms with Gasteiger partial charge in [-0.3, -0.25) is 0 Å². The van der Waals surface area contributed by atoms with Crippen LogP contribution >= 0.6 is 0 Å². The average Bonchev–Trinajstić information content (AvgIpc) is 2.41. The highest BCUT2D eigenvalue weighted by molar-refractivity contribution is 5.60. The molecule has 100 valence electrons. The molecule has 1 aromatic carbocycles. The summed E-state index contributed by atoms with van der Waals surface area (Å²) in [5.74, 6) is -2.87. The van der Waals surface area contributed by atoms with E-state index in [1.807, 2.05) is 6.92 Å². The van der Waals surface area contributed by atoms with Gasteiger partial charge in [0.15, 0.2) is 11.6 Å². The fourth-order valence-corrected chi connectivity index (χ4v) is 1.55. The highest BCUT2D eigenvalue weighted by atomic mass is 19.2. The van der Waals surface area contributed by atoms with Crippen LogP contribution in [0.3, 0.4) is 0 Å². The monoisotopic (exact) mass is 267 g/mol. The summed E-state index contributed by atoms with van der Waals surface area (Å²) in [6, 6.07) is 2.73. The molecular formula is C13H12F3N3. The lowest BCUT2D eigenvalue weighted by Gasteiger charge is -2.06. The van der Waals surface area contributed by atoms with E-state index in [0.717, 1.165) is 12.5 Å². The summed E-state index contributed by atoms with van der Waals surface area (Å²) in [7, 11) is 0. The molecule has 0 aliphatic heterocycles. The SMILES string of the molecule is CCCNc1nccc(-c2cc(F)c(F)cc2F)n1. The van der Waals surface area contributed by atoms with Gasteiger partial charge in [0, 0.05) is 24.4 Å². The molecule has 0 fully saturated rings. The summed E-state index contributed by atoms with van der Waals surface area (Å²) in [4.78, 5) is 8.02. The largest absolute Gasteiger partial charge is 0.354 e. The normalized spacial score (nSPS) is 10.5. The van der Waals surface area contributed by atoms with Crippen molar-refractivity contribution in [2.24, 2.45) is 0 Å². The van der Waals surface area contributed by atoms with Crippen LogP contribution < -0.4 is 5.32 Å². The van der Waals surface area contributed by atoms with Crippen LogP contribution in [0.1, 0.15) is 13.3 Å². The van der Waals surface area contributed by atoms with E-state index in [-0.39, 0.29) is 11.3 Å². The zero-order chi connectivity index (χ0) is 13.8. The van der Waals surface area contributed by atoms with Gasteiger partial charge in [-0.05, 0) is 18.6 Å². The standard InChI is InChI=1S/C13H12F3N3/c1-2-4-17-13-18-5-3-12(19-13)8-6-10(15)11(16)7-9(8)14/h3,5-7H,2,4H2,1H3,(H,17,18,19). The number of nitrogens with zero attached hydrogens (tertiary/aromatic N) is 2. The van der Waals surface area contributed by atoms with Gasteiger partial charge in [-0.25, -0.2) is 23.1 Å². The van der Waals surface area contributed by atoms with E-state index >= 15 is 0 Å². The van der Waals surface area contributed by atoms with Crippen LogP contribution in [0.4, 0.5) is 19.1 Å². The fraction of sp³-hybridized carbons (Fsp3) is 0.231. The fourth-order valence-electron chi connectivity index (χ4n) is 1.55. The lowest BCUT2D eigenvalue weighted by Crippen LogP contribution is -2.04. The Balaban J connectivity index is 2.38. The van der Waals surface area contributed by atoms with Crippen LogP contribution in [-0.4, -0.2) is 16.5 Å². The molecule has 0 radical (unpaired) electrons. The van der Waals surface area contributed by atoms with Gasteiger partial charge in [0.1, 0.15) is 5.82 Å². The second-order valence-electron chi connectivity index (χ2n) is 3.94. The van der Waals surface area contributed by atoms with Gasteiger partial charge >= 0.3 is 0 Å². The molecule has 0 atom stereocenters. The van der Waals surface area contributed by atoms with Gasteiger partial charge in [0.2, 0.25) is 5.95 Å². The van der Waals surface area contributed by atoms with E-state index in [0.29, 0.717) is 18.6 Å². The third kappa shape index (κ3) is 3.01. The van der Waals surface area contributed by atoms with Crippen molar-refractivity contribution >= 4 is 5.95 Å². The highest BCUT2D eigenvalue weighted by Gasteiger charge is 2.13. The molecule has 0 amide bonds. The Morgan fingerprint density at radius 3 is 2.58 bits per heavy atom. The van der Waals surface area contributed by atoms with Gasteiger partial charge in [-0.15, -0.1) is 0 Å². The van der Waals surface area contributed by atoms with Crippen molar-refractivity contribution in [1.29, 1.82) is 0 Å². The Morgan fingerprint density at radius 1 is 1.11 bits per heavy atom. The maximum atomic E-state index is 13.6. The molecule has 0 aliphatic rings. The van der Waals surface area contributed by atoms with Gasteiger partial charge in [0.25, 0.3) is 0 Å². The molecule has 19 heavy (non-hydrogen) atoms. The van der Waals surface area contributed by atoms with Gasteiger partial charge < -0.3 is 5.32 Å². The molecule has 0 unspecified atom stereocenters. The molecule has 1 N–H and O–H groups in total. The number of anilines is 1. The zero-order valence-electron chi connectivity index (χ0n) is 10.3. The predicted molar refractivity (Wildman–Crippen MR) is 66.1 cm³/mol. The summed E-state index contributed by atoms with van der Waals surface area (Å²) in [6.07, 6.45) is 2.31. The molecule has 2 rings (SSSR count). The molecule has 0 saturated heterocycles. The summed E-state index contributed by atoms with van der Waals surface area (Å²) < 4.78 is 39.6. The van der Waals surface area contributed by atoms with Crippen molar-refractivity contribution < 1.29 is 13.2 Å². The van der Waals surface area contributed by atoms with E-state index < -0.39 is 17.5 Å². The maximum absolute atomic E-state index is 13.6. The van der Waals surface area contributed by atoms with Gasteiger partial charge in [-0.1, -0.05) is 6.92 Å². The predicted octanol–water partition coefficient (Wildman–Crippen LogP) is 3.38. The molecule has 2 aromatic rings. The maximum Gasteiger partial charge on any atom is 0.223 e. The first-order valence-electron chi connectivity index (χ1n) is 5.83. The smallest absolute Gasteiger partial charge is 0.223 e. The number of hydrogen-bond donors (Lipinski definition) is 1. The van der Waals surface area contributed by atoms with E-state index in [1.54, 1.807) is 0 Å². The minimum atomic E-state index is -1.22. The van der Waals surface area contributed by atoms with E-state index in [9.17, 15) is 13.2 Å². The third-order valence-electron chi connectivity index (χ3n) is 2.47. The second-order valence-corrected chi connectivity index (χ2v) is 3.94. The number of rotatable bonds is 4. The van der Waals surface area contributed by atoms with Crippen molar-refractivity contribution in [3.05, 3.63) is 41.8 Å². The molecular weight excluding hydrogens is 255 g/mol. The van der Waals surface area contributed by atoms with E-state index in [4.69, 9.17) is 0 Å². The Morgan fingerprint density at radius 2 is 1.84 bits per heavy atom. The topological polar surface area (TPSA) is 37.8 Å². The van der Waals surface area contributed by atoms with Crippen LogP contribution in [0.2, 0.25) is 0 Å². The Labute approximate surface area is 108 Å². The lowest BCUT2D eigenvalue weighted by atomic mass is 10.1. The number of benzene rings is 1. The van der Waals surface area contributed by atoms with Crippen LogP contribution in [-0.2, 0) is 0 Å². The Bertz CT molecular complexity index is 587. The van der Waals surface area contributed by atoms with Crippen molar-refractivity contribution in [3.63, 3.8) is 0 Å². The Kier molecular flexibility index (Phi) is 3.99.